The summed E-state index contributed by atoms with van der Waals surface area (Å²) >= 11 is 0. The number of hydrogen-bond donors (Lipinski definition) is 1. The molecule has 7 rings (SSSR count). The molecule has 0 spiro atoms. The molecular weight excluding hydrogens is 745 g/mol. The number of amides is 3. The number of aromatic nitrogens is 1. The van der Waals surface area contributed by atoms with Gasteiger partial charge in [-0.25, -0.2) is 13.4 Å². The Labute approximate surface area is 335 Å². The lowest BCUT2D eigenvalue weighted by atomic mass is 9.77. The molecule has 2 aliphatic carbocycles. The second-order valence-electron chi connectivity index (χ2n) is 17.3. The van der Waals surface area contributed by atoms with Gasteiger partial charge < -0.3 is 19.3 Å². The highest BCUT2D eigenvalue weighted by atomic mass is 32.2. The van der Waals surface area contributed by atoms with Gasteiger partial charge in [0.1, 0.15) is 17.6 Å². The van der Waals surface area contributed by atoms with E-state index >= 15 is 0 Å². The van der Waals surface area contributed by atoms with Gasteiger partial charge in [0.05, 0.1) is 47.5 Å². The van der Waals surface area contributed by atoms with E-state index in [4.69, 9.17) is 14.5 Å². The van der Waals surface area contributed by atoms with Gasteiger partial charge in [0, 0.05) is 55.4 Å². The number of Topliss-reactive ketones (excluding diaryl/α,β-unsaturated/α-hetero) is 1. The molecule has 3 heterocycles. The summed E-state index contributed by atoms with van der Waals surface area (Å²) in [5.74, 6) is -1.44. The number of ketones is 1. The monoisotopic (exact) mass is 798 g/mol. The summed E-state index contributed by atoms with van der Waals surface area (Å²) in [7, 11) is -2.27. The number of likely N-dealkylation sites (tertiary alicyclic amines) is 2. The number of piperidine rings is 1. The number of allylic oxidation sites excluding steroid dienone is 1. The predicted octanol–water partition coefficient (Wildman–Crippen LogP) is 6.08. The minimum absolute atomic E-state index is 0.00639. The molecule has 13 heteroatoms. The van der Waals surface area contributed by atoms with E-state index in [1.165, 1.54) is 0 Å². The molecule has 5 atom stereocenters. The van der Waals surface area contributed by atoms with Gasteiger partial charge in [0.2, 0.25) is 27.7 Å². The molecule has 304 valence electrons. The Morgan fingerprint density at radius 1 is 1.04 bits per heavy atom. The Balaban J connectivity index is 1.21. The quantitative estimate of drug-likeness (QED) is 0.191. The number of rotatable bonds is 14. The van der Waals surface area contributed by atoms with Crippen LogP contribution in [0.25, 0.3) is 22.2 Å². The summed E-state index contributed by atoms with van der Waals surface area (Å²) in [4.78, 5) is 65.2. The van der Waals surface area contributed by atoms with Crippen molar-refractivity contribution in [1.29, 1.82) is 0 Å². The Morgan fingerprint density at radius 3 is 2.39 bits per heavy atom. The van der Waals surface area contributed by atoms with Crippen LogP contribution in [0.15, 0.2) is 67.3 Å². The number of methoxy groups -OCH3 is 1. The Hall–Kier alpha value is -4.78. The number of sulfonamides is 1. The van der Waals surface area contributed by atoms with Crippen LogP contribution in [-0.4, -0.2) is 90.8 Å². The number of pyridine rings is 1. The summed E-state index contributed by atoms with van der Waals surface area (Å²) in [6, 6.07) is 16.1. The molecule has 57 heavy (non-hydrogen) atoms. The van der Waals surface area contributed by atoms with Crippen LogP contribution in [0.2, 0.25) is 0 Å². The summed E-state index contributed by atoms with van der Waals surface area (Å²) in [6.07, 6.45) is 5.01. The van der Waals surface area contributed by atoms with Crippen molar-refractivity contribution in [3.05, 3.63) is 67.3 Å². The van der Waals surface area contributed by atoms with E-state index in [-0.39, 0.29) is 49.8 Å². The van der Waals surface area contributed by atoms with Crippen molar-refractivity contribution >= 4 is 44.4 Å². The fourth-order valence-electron chi connectivity index (χ4n) is 8.49. The zero-order valence-electron chi connectivity index (χ0n) is 33.4. The van der Waals surface area contributed by atoms with Crippen molar-refractivity contribution < 1.29 is 37.1 Å². The molecular formula is C44H54N4O8S. The van der Waals surface area contributed by atoms with Crippen molar-refractivity contribution in [3.63, 3.8) is 0 Å². The first-order chi connectivity index (χ1) is 27.1. The van der Waals surface area contributed by atoms with Crippen LogP contribution in [0.1, 0.15) is 78.6 Å². The summed E-state index contributed by atoms with van der Waals surface area (Å²) in [6.45, 7) is 11.0. The van der Waals surface area contributed by atoms with Gasteiger partial charge in [-0.05, 0) is 62.0 Å². The molecule has 0 bridgehead atoms. The van der Waals surface area contributed by atoms with Crippen LogP contribution in [-0.2, 0) is 29.2 Å². The smallest absolute Gasteiger partial charge is 0.240 e. The molecule has 4 fully saturated rings. The highest BCUT2D eigenvalue weighted by Gasteiger charge is 2.61. The van der Waals surface area contributed by atoms with E-state index in [0.29, 0.717) is 48.6 Å². The summed E-state index contributed by atoms with van der Waals surface area (Å²) in [5, 5.41) is 0.118. The van der Waals surface area contributed by atoms with E-state index in [1.54, 1.807) is 18.1 Å². The van der Waals surface area contributed by atoms with Gasteiger partial charge in [-0.15, -0.1) is 6.58 Å². The lowest BCUT2D eigenvalue weighted by Crippen LogP contribution is -2.49. The maximum absolute atomic E-state index is 14.9. The van der Waals surface area contributed by atoms with Crippen LogP contribution in [0, 0.1) is 22.7 Å². The van der Waals surface area contributed by atoms with Crippen LogP contribution < -0.4 is 14.2 Å². The molecule has 2 aromatic carbocycles. The average molecular weight is 799 g/mol. The highest BCUT2D eigenvalue weighted by molar-refractivity contribution is 7.90. The minimum Gasteiger partial charge on any atom is -0.497 e. The average Bonchev–Trinajstić information content (AvgIpc) is 4.13. The highest BCUT2D eigenvalue weighted by Crippen LogP contribution is 2.57. The minimum atomic E-state index is -3.86. The fraction of sp³-hybridized carbons (Fsp3) is 0.523. The van der Waals surface area contributed by atoms with Crippen LogP contribution in [0.5, 0.6) is 11.5 Å². The van der Waals surface area contributed by atoms with E-state index < -0.39 is 56.0 Å². The zero-order chi connectivity index (χ0) is 40.7. The van der Waals surface area contributed by atoms with Gasteiger partial charge in [-0.2, -0.15) is 0 Å². The van der Waals surface area contributed by atoms with E-state index in [2.05, 4.69) is 11.3 Å². The second-order valence-corrected chi connectivity index (χ2v) is 19.3. The van der Waals surface area contributed by atoms with Gasteiger partial charge in [0.15, 0.2) is 5.78 Å². The Bertz CT molecular complexity index is 2160. The third kappa shape index (κ3) is 8.59. The maximum Gasteiger partial charge on any atom is 0.240 e. The predicted molar refractivity (Wildman–Crippen MR) is 217 cm³/mol. The van der Waals surface area contributed by atoms with Crippen molar-refractivity contribution in [2.45, 2.75) is 96.0 Å². The number of carbonyl (C=O) groups excluding carboxylic acids is 4. The number of benzene rings is 2. The Morgan fingerprint density at radius 2 is 1.75 bits per heavy atom. The molecule has 12 nitrogen and oxygen atoms in total. The molecule has 0 radical (unpaired) electrons. The first kappa shape index (κ1) is 40.4. The van der Waals surface area contributed by atoms with Crippen molar-refractivity contribution in [2.24, 2.45) is 22.7 Å². The number of fused-ring (bicyclic) bond motifs is 1. The van der Waals surface area contributed by atoms with Crippen molar-refractivity contribution in [2.75, 3.05) is 26.7 Å². The van der Waals surface area contributed by atoms with E-state index in [9.17, 15) is 27.6 Å². The third-order valence-electron chi connectivity index (χ3n) is 12.2. The lowest BCUT2D eigenvalue weighted by Gasteiger charge is -2.36. The molecule has 3 amide bonds. The third-order valence-corrected chi connectivity index (χ3v) is 14.1. The molecule has 2 aliphatic heterocycles. The van der Waals surface area contributed by atoms with Gasteiger partial charge in [-0.3, -0.25) is 23.9 Å². The number of carbonyl (C=O) groups is 4. The molecule has 1 N–H and O–H groups in total. The van der Waals surface area contributed by atoms with Crippen LogP contribution in [0.4, 0.5) is 0 Å². The van der Waals surface area contributed by atoms with Crippen LogP contribution in [0.3, 0.4) is 0 Å². The van der Waals surface area contributed by atoms with Gasteiger partial charge >= 0.3 is 0 Å². The number of nitrogens with one attached hydrogen (secondary N) is 1. The zero-order valence-corrected chi connectivity index (χ0v) is 34.2. The normalized spacial score (nSPS) is 24.1. The molecule has 4 aliphatic rings. The summed E-state index contributed by atoms with van der Waals surface area (Å²) in [5.41, 5.74) is 0.289. The largest absolute Gasteiger partial charge is 0.497 e. The molecule has 3 aromatic rings. The second kappa shape index (κ2) is 15.9. The number of ether oxygens (including phenoxy) is 2. The van der Waals surface area contributed by atoms with Gasteiger partial charge in [-0.1, -0.05) is 57.2 Å². The van der Waals surface area contributed by atoms with Gasteiger partial charge in [0.25, 0.3) is 0 Å². The van der Waals surface area contributed by atoms with E-state index in [1.807, 2.05) is 80.3 Å². The fourth-order valence-corrected chi connectivity index (χ4v) is 9.87. The maximum atomic E-state index is 14.9. The molecule has 1 aromatic heterocycles. The molecule has 2 saturated carbocycles. The number of nitrogens with zero attached hydrogens (tertiary/aromatic N) is 3. The Kier molecular flexibility index (Phi) is 11.3. The SMILES string of the molecule is C=C[C@@H]1C[C@]1(CC(=O)C1C[C@@H](Oc2cc(-c3ccccc3)nc3cc(OC)ccc23)CN1C(=O)[C@@H](CC(=O)N1CCCCC1)C(C)(C)C)C(=O)NS(=O)(=O)C1CC1. The molecule has 1 unspecified atom stereocenters. The first-order valence-electron chi connectivity index (χ1n) is 20.1. The standard InChI is InChI=1S/C44H54N4O8S/c1-6-29-25-44(29,42(52)46-57(53,54)32-16-17-32)26-38(49)37-22-31(27-48(37)41(51)34(43(2,3)4)23-40(50)47-19-11-8-12-20-47)56-39-24-35(28-13-9-7-10-14-28)45-36-21-30(55-5)15-18-33(36)39/h6-7,9-10,13-15,18,21,24,29,31-32,34,37H,1,8,11-12,16-17,19-20,22-23,25-27H2,2-5H3,(H,46,52)/t29-,31-,34-,37?,44-/m1/s1. The summed E-state index contributed by atoms with van der Waals surface area (Å²) < 4.78 is 40.2. The first-order valence-corrected chi connectivity index (χ1v) is 21.7. The van der Waals surface area contributed by atoms with Crippen LogP contribution >= 0.6 is 0 Å². The van der Waals surface area contributed by atoms with Crippen molar-refractivity contribution in [1.82, 2.24) is 19.5 Å². The lowest BCUT2D eigenvalue weighted by molar-refractivity contribution is -0.148. The van der Waals surface area contributed by atoms with Crippen molar-refractivity contribution in [3.8, 4) is 22.8 Å². The molecule has 2 saturated heterocycles. The number of hydrogen-bond acceptors (Lipinski definition) is 9. The van der Waals surface area contributed by atoms with E-state index in [0.717, 1.165) is 30.2 Å². The topological polar surface area (TPSA) is 152 Å².